The van der Waals surface area contributed by atoms with Gasteiger partial charge in [-0.05, 0) is 44.0 Å². The molecule has 138 valence electrons. The Bertz CT molecular complexity index is 786. The topological polar surface area (TPSA) is 100 Å². The number of hydrogen-bond acceptors (Lipinski definition) is 6. The molecule has 26 heavy (non-hydrogen) atoms. The normalized spacial score (nSPS) is 21.1. The number of halogens is 1. The second kappa shape index (κ2) is 8.00. The molecule has 0 saturated heterocycles. The number of hydrogen-bond donors (Lipinski definition) is 1. The summed E-state index contributed by atoms with van der Waals surface area (Å²) in [6.07, 6.45) is 0.271. The van der Waals surface area contributed by atoms with Gasteiger partial charge in [0.05, 0.1) is 19.3 Å². The van der Waals surface area contributed by atoms with Gasteiger partial charge in [0, 0.05) is 22.5 Å². The van der Waals surface area contributed by atoms with Crippen LogP contribution in [0.15, 0.2) is 22.7 Å². The Labute approximate surface area is 161 Å². The molecule has 0 spiro atoms. The number of nitriles is 1. The van der Waals surface area contributed by atoms with Crippen molar-refractivity contribution in [3.8, 4) is 6.07 Å². The van der Waals surface area contributed by atoms with Gasteiger partial charge in [-0.15, -0.1) is 0 Å². The molecule has 0 heterocycles. The highest BCUT2D eigenvalue weighted by molar-refractivity contribution is 9.10. The first kappa shape index (κ1) is 20.1. The van der Waals surface area contributed by atoms with Gasteiger partial charge in [-0.3, -0.25) is 9.59 Å². The van der Waals surface area contributed by atoms with Gasteiger partial charge in [-0.25, -0.2) is 0 Å². The van der Waals surface area contributed by atoms with Crippen LogP contribution in [0.25, 0.3) is 0 Å². The minimum absolute atomic E-state index is 0.121. The molecular weight excluding hydrogens is 400 g/mol. The van der Waals surface area contributed by atoms with E-state index >= 15 is 0 Å². The minimum Gasteiger partial charge on any atom is -0.465 e. The van der Waals surface area contributed by atoms with Crippen molar-refractivity contribution in [1.82, 2.24) is 0 Å². The predicted octanol–water partition coefficient (Wildman–Crippen LogP) is 3.38. The largest absolute Gasteiger partial charge is 0.465 e. The van der Waals surface area contributed by atoms with Crippen LogP contribution in [0.4, 0.5) is 0 Å². The van der Waals surface area contributed by atoms with E-state index in [1.54, 1.807) is 19.9 Å². The number of carbonyl (C=O) groups excluding carboxylic acids is 2. The Kier molecular flexibility index (Phi) is 6.19. The van der Waals surface area contributed by atoms with E-state index in [0.717, 1.165) is 10.0 Å². The standard InChI is InChI=1S/C19H21BrN2O4/c1-4-25-17(23)15-14(22)8-11-6-7-12(20)9-13(11)16(15)19(3,10-21)18(24)26-5-2/h6-7,9,15-16,22H,4-5,8H2,1-3H3. The molecule has 1 aliphatic rings. The van der Waals surface area contributed by atoms with Crippen molar-refractivity contribution in [3.05, 3.63) is 33.8 Å². The van der Waals surface area contributed by atoms with Gasteiger partial charge >= 0.3 is 11.9 Å². The number of nitrogens with one attached hydrogen (secondary N) is 1. The molecule has 1 aromatic carbocycles. The molecule has 7 heteroatoms. The molecule has 0 amide bonds. The third-order valence-corrected chi connectivity index (χ3v) is 5.12. The van der Waals surface area contributed by atoms with Gasteiger partial charge in [-0.1, -0.05) is 22.0 Å². The average Bonchev–Trinajstić information content (AvgIpc) is 2.60. The van der Waals surface area contributed by atoms with Crippen molar-refractivity contribution in [1.29, 1.82) is 10.7 Å². The van der Waals surface area contributed by atoms with Gasteiger partial charge in [-0.2, -0.15) is 5.26 Å². The molecule has 0 aromatic heterocycles. The first-order valence-corrected chi connectivity index (χ1v) is 9.20. The number of carbonyl (C=O) groups is 2. The number of fused-ring (bicyclic) bond motifs is 1. The Hall–Kier alpha value is -2.20. The van der Waals surface area contributed by atoms with E-state index in [4.69, 9.17) is 14.9 Å². The van der Waals surface area contributed by atoms with Gasteiger partial charge in [0.1, 0.15) is 5.92 Å². The van der Waals surface area contributed by atoms with Gasteiger partial charge in [0.2, 0.25) is 0 Å². The highest BCUT2D eigenvalue weighted by atomic mass is 79.9. The fourth-order valence-corrected chi connectivity index (χ4v) is 3.77. The zero-order valence-electron chi connectivity index (χ0n) is 15.0. The van der Waals surface area contributed by atoms with Crippen LogP contribution in [0.5, 0.6) is 0 Å². The van der Waals surface area contributed by atoms with E-state index in [1.807, 2.05) is 18.2 Å². The lowest BCUT2D eigenvalue weighted by molar-refractivity contribution is -0.155. The van der Waals surface area contributed by atoms with E-state index in [9.17, 15) is 14.9 Å². The SMILES string of the molecule is CCOC(=O)C1C(=N)Cc2ccc(Br)cc2C1C(C)(C#N)C(=O)OCC. The van der Waals surface area contributed by atoms with Crippen molar-refractivity contribution in [3.63, 3.8) is 0 Å². The molecule has 2 rings (SSSR count). The zero-order chi connectivity index (χ0) is 19.5. The average molecular weight is 421 g/mol. The number of nitrogens with zero attached hydrogens (tertiary/aromatic N) is 1. The van der Waals surface area contributed by atoms with Crippen LogP contribution in [0.1, 0.15) is 37.8 Å². The molecule has 0 bridgehead atoms. The third kappa shape index (κ3) is 3.51. The Balaban J connectivity index is 2.70. The Morgan fingerprint density at radius 1 is 1.35 bits per heavy atom. The van der Waals surface area contributed by atoms with Crippen molar-refractivity contribution in [2.24, 2.45) is 11.3 Å². The summed E-state index contributed by atoms with van der Waals surface area (Å²) in [4.78, 5) is 25.3. The summed E-state index contributed by atoms with van der Waals surface area (Å²) in [6, 6.07) is 7.52. The molecule has 1 aromatic rings. The number of esters is 2. The van der Waals surface area contributed by atoms with Crippen LogP contribution in [0, 0.1) is 28.1 Å². The van der Waals surface area contributed by atoms with Crippen molar-refractivity contribution < 1.29 is 19.1 Å². The van der Waals surface area contributed by atoms with Crippen LogP contribution in [0.2, 0.25) is 0 Å². The highest BCUT2D eigenvalue weighted by Gasteiger charge is 2.54. The smallest absolute Gasteiger partial charge is 0.326 e. The van der Waals surface area contributed by atoms with Crippen LogP contribution < -0.4 is 0 Å². The molecule has 1 aliphatic carbocycles. The molecule has 3 atom stereocenters. The van der Waals surface area contributed by atoms with Crippen molar-refractivity contribution in [2.75, 3.05) is 13.2 Å². The fraction of sp³-hybridized carbons (Fsp3) is 0.474. The summed E-state index contributed by atoms with van der Waals surface area (Å²) in [5.41, 5.74) is 0.00416. The number of rotatable bonds is 5. The molecule has 3 unspecified atom stereocenters. The number of benzene rings is 1. The van der Waals surface area contributed by atoms with E-state index in [-0.39, 0.29) is 25.3 Å². The molecule has 0 saturated carbocycles. The van der Waals surface area contributed by atoms with Gasteiger partial charge in [0.25, 0.3) is 0 Å². The Morgan fingerprint density at radius 2 is 2.00 bits per heavy atom. The fourth-order valence-electron chi connectivity index (χ4n) is 3.39. The lowest BCUT2D eigenvalue weighted by Gasteiger charge is -2.39. The zero-order valence-corrected chi connectivity index (χ0v) is 16.6. The van der Waals surface area contributed by atoms with E-state index in [1.165, 1.54) is 6.92 Å². The van der Waals surface area contributed by atoms with Gasteiger partial charge < -0.3 is 14.9 Å². The number of ether oxygens (including phenoxy) is 2. The third-order valence-electron chi connectivity index (χ3n) is 4.63. The first-order valence-electron chi connectivity index (χ1n) is 8.40. The maximum absolute atomic E-state index is 12.6. The van der Waals surface area contributed by atoms with E-state index in [2.05, 4.69) is 15.9 Å². The van der Waals surface area contributed by atoms with Crippen molar-refractivity contribution in [2.45, 2.75) is 33.1 Å². The van der Waals surface area contributed by atoms with E-state index in [0.29, 0.717) is 5.56 Å². The summed E-state index contributed by atoms with van der Waals surface area (Å²) in [6.45, 7) is 5.08. The molecule has 6 nitrogen and oxygen atoms in total. The molecule has 0 fully saturated rings. The van der Waals surface area contributed by atoms with Crippen LogP contribution in [0.3, 0.4) is 0 Å². The second-order valence-corrected chi connectivity index (χ2v) is 7.20. The summed E-state index contributed by atoms with van der Waals surface area (Å²) in [7, 11) is 0. The van der Waals surface area contributed by atoms with Crippen molar-refractivity contribution >= 4 is 33.6 Å². The maximum Gasteiger partial charge on any atom is 0.326 e. The lowest BCUT2D eigenvalue weighted by Crippen LogP contribution is -2.47. The van der Waals surface area contributed by atoms with Crippen LogP contribution in [-0.4, -0.2) is 30.9 Å². The quantitative estimate of drug-likeness (QED) is 0.735. The highest BCUT2D eigenvalue weighted by Crippen LogP contribution is 2.48. The lowest BCUT2D eigenvalue weighted by atomic mass is 9.62. The minimum atomic E-state index is -1.63. The summed E-state index contributed by atoms with van der Waals surface area (Å²) in [5.74, 6) is -3.17. The predicted molar refractivity (Wildman–Crippen MR) is 98.8 cm³/mol. The Morgan fingerprint density at radius 3 is 2.58 bits per heavy atom. The summed E-state index contributed by atoms with van der Waals surface area (Å²) < 4.78 is 11.0. The van der Waals surface area contributed by atoms with Crippen LogP contribution >= 0.6 is 15.9 Å². The molecular formula is C19H21BrN2O4. The monoisotopic (exact) mass is 420 g/mol. The van der Waals surface area contributed by atoms with E-state index < -0.39 is 29.2 Å². The van der Waals surface area contributed by atoms with Gasteiger partial charge in [0.15, 0.2) is 5.41 Å². The van der Waals surface area contributed by atoms with Crippen LogP contribution in [-0.2, 0) is 25.5 Å². The second-order valence-electron chi connectivity index (χ2n) is 6.29. The molecule has 1 N–H and O–H groups in total. The maximum atomic E-state index is 12.6. The first-order chi connectivity index (χ1) is 12.3. The summed E-state index contributed by atoms with van der Waals surface area (Å²) in [5, 5.41) is 18.3. The molecule has 0 aliphatic heterocycles. The summed E-state index contributed by atoms with van der Waals surface area (Å²) >= 11 is 3.41. The molecule has 0 radical (unpaired) electrons.